The smallest absolute Gasteiger partial charge is 0.131 e. The number of hydrogen-bond donors (Lipinski definition) is 1. The molecular formula is C17H25N5O. The van der Waals surface area contributed by atoms with Crippen molar-refractivity contribution in [2.75, 3.05) is 31.7 Å². The predicted molar refractivity (Wildman–Crippen MR) is 89.9 cm³/mol. The van der Waals surface area contributed by atoms with E-state index in [0.717, 1.165) is 56.2 Å². The van der Waals surface area contributed by atoms with Gasteiger partial charge in [-0.2, -0.15) is 5.10 Å². The minimum atomic E-state index is 0.418. The third kappa shape index (κ3) is 3.69. The Labute approximate surface area is 137 Å². The average molecular weight is 315 g/mol. The van der Waals surface area contributed by atoms with Crippen LogP contribution in [0, 0.1) is 13.8 Å². The van der Waals surface area contributed by atoms with Crippen molar-refractivity contribution < 1.29 is 4.74 Å². The normalized spacial score (nSPS) is 17.6. The monoisotopic (exact) mass is 315 g/mol. The molecule has 0 radical (unpaired) electrons. The van der Waals surface area contributed by atoms with Gasteiger partial charge in [-0.3, -0.25) is 5.10 Å². The fourth-order valence-corrected chi connectivity index (χ4v) is 3.11. The maximum atomic E-state index is 5.46. The predicted octanol–water partition coefficient (Wildman–Crippen LogP) is 2.39. The molecule has 124 valence electrons. The van der Waals surface area contributed by atoms with Crippen molar-refractivity contribution in [3.05, 3.63) is 35.0 Å². The van der Waals surface area contributed by atoms with Gasteiger partial charge < -0.3 is 9.64 Å². The SMILES string of the molecule is Cc1n[nH]c(C)c1CCCN(C)c1cc(C2CCOC2)ncn1. The summed E-state index contributed by atoms with van der Waals surface area (Å²) in [6.07, 6.45) is 4.83. The molecule has 2 aromatic heterocycles. The number of hydrogen-bond acceptors (Lipinski definition) is 5. The van der Waals surface area contributed by atoms with Gasteiger partial charge in [-0.1, -0.05) is 0 Å². The molecular weight excluding hydrogens is 290 g/mol. The number of aryl methyl sites for hydroxylation is 2. The molecule has 0 amide bonds. The van der Waals surface area contributed by atoms with Crippen LogP contribution in [-0.2, 0) is 11.2 Å². The zero-order valence-electron chi connectivity index (χ0n) is 14.2. The first-order valence-electron chi connectivity index (χ1n) is 8.26. The first-order valence-corrected chi connectivity index (χ1v) is 8.26. The molecule has 3 rings (SSSR count). The van der Waals surface area contributed by atoms with Crippen molar-refractivity contribution in [3.8, 4) is 0 Å². The molecule has 23 heavy (non-hydrogen) atoms. The van der Waals surface area contributed by atoms with Gasteiger partial charge in [-0.05, 0) is 38.7 Å². The fourth-order valence-electron chi connectivity index (χ4n) is 3.11. The Hall–Kier alpha value is -1.95. The Morgan fingerprint density at radius 1 is 1.35 bits per heavy atom. The lowest BCUT2D eigenvalue weighted by Crippen LogP contribution is -2.21. The van der Waals surface area contributed by atoms with Crippen LogP contribution in [0.15, 0.2) is 12.4 Å². The number of aromatic amines is 1. The number of H-pyrrole nitrogens is 1. The second kappa shape index (κ2) is 7.08. The van der Waals surface area contributed by atoms with E-state index in [1.54, 1.807) is 6.33 Å². The first kappa shape index (κ1) is 15.9. The number of nitrogens with one attached hydrogen (secondary N) is 1. The van der Waals surface area contributed by atoms with E-state index in [-0.39, 0.29) is 0 Å². The zero-order valence-corrected chi connectivity index (χ0v) is 14.2. The van der Waals surface area contributed by atoms with Gasteiger partial charge in [-0.15, -0.1) is 0 Å². The molecule has 0 bridgehead atoms. The van der Waals surface area contributed by atoms with Gasteiger partial charge in [0, 0.05) is 37.9 Å². The summed E-state index contributed by atoms with van der Waals surface area (Å²) in [7, 11) is 2.09. The summed E-state index contributed by atoms with van der Waals surface area (Å²) in [5, 5.41) is 7.31. The topological polar surface area (TPSA) is 66.9 Å². The molecule has 1 N–H and O–H groups in total. The van der Waals surface area contributed by atoms with Crippen molar-refractivity contribution in [1.82, 2.24) is 20.2 Å². The summed E-state index contributed by atoms with van der Waals surface area (Å²) >= 11 is 0. The Morgan fingerprint density at radius 2 is 2.22 bits per heavy atom. The van der Waals surface area contributed by atoms with E-state index in [2.05, 4.69) is 52.0 Å². The third-order valence-electron chi connectivity index (χ3n) is 4.61. The van der Waals surface area contributed by atoms with Crippen molar-refractivity contribution in [2.24, 2.45) is 0 Å². The van der Waals surface area contributed by atoms with Gasteiger partial charge in [0.15, 0.2) is 0 Å². The van der Waals surface area contributed by atoms with Gasteiger partial charge in [0.2, 0.25) is 0 Å². The molecule has 2 aromatic rings. The van der Waals surface area contributed by atoms with Crippen LogP contribution in [0.1, 0.15) is 41.4 Å². The van der Waals surface area contributed by atoms with Crippen LogP contribution in [0.5, 0.6) is 0 Å². The van der Waals surface area contributed by atoms with Gasteiger partial charge >= 0.3 is 0 Å². The number of ether oxygens (including phenoxy) is 1. The standard InChI is InChI=1S/C17H25N5O/c1-12-15(13(2)21-20-12)5-4-7-22(3)17-9-16(18-11-19-17)14-6-8-23-10-14/h9,11,14H,4-8,10H2,1-3H3,(H,20,21). The molecule has 6 nitrogen and oxygen atoms in total. The minimum absolute atomic E-state index is 0.418. The van der Waals surface area contributed by atoms with E-state index >= 15 is 0 Å². The van der Waals surface area contributed by atoms with E-state index in [4.69, 9.17) is 4.74 Å². The summed E-state index contributed by atoms with van der Waals surface area (Å²) in [5.74, 6) is 1.41. The Kier molecular flexibility index (Phi) is 4.91. The van der Waals surface area contributed by atoms with E-state index in [1.807, 2.05) is 0 Å². The van der Waals surface area contributed by atoms with E-state index in [9.17, 15) is 0 Å². The summed E-state index contributed by atoms with van der Waals surface area (Å²) < 4.78 is 5.46. The first-order chi connectivity index (χ1) is 11.1. The molecule has 3 heterocycles. The molecule has 1 saturated heterocycles. The van der Waals surface area contributed by atoms with Crippen LogP contribution in [0.3, 0.4) is 0 Å². The third-order valence-corrected chi connectivity index (χ3v) is 4.61. The van der Waals surface area contributed by atoms with Crippen LogP contribution in [-0.4, -0.2) is 47.0 Å². The molecule has 0 aromatic carbocycles. The highest BCUT2D eigenvalue weighted by Gasteiger charge is 2.20. The molecule has 0 spiro atoms. The van der Waals surface area contributed by atoms with Crippen molar-refractivity contribution in [1.29, 1.82) is 0 Å². The van der Waals surface area contributed by atoms with E-state index in [1.165, 1.54) is 11.3 Å². The maximum Gasteiger partial charge on any atom is 0.131 e. The molecule has 6 heteroatoms. The van der Waals surface area contributed by atoms with Crippen LogP contribution < -0.4 is 4.90 Å². The number of anilines is 1. The lowest BCUT2D eigenvalue weighted by Gasteiger charge is -2.19. The molecule has 1 aliphatic rings. The molecule has 0 aliphatic carbocycles. The minimum Gasteiger partial charge on any atom is -0.381 e. The molecule has 1 fully saturated rings. The van der Waals surface area contributed by atoms with Gasteiger partial charge in [0.05, 0.1) is 18.0 Å². The lowest BCUT2D eigenvalue weighted by atomic mass is 10.0. The lowest BCUT2D eigenvalue weighted by molar-refractivity contribution is 0.193. The van der Waals surface area contributed by atoms with E-state index in [0.29, 0.717) is 5.92 Å². The highest BCUT2D eigenvalue weighted by atomic mass is 16.5. The summed E-state index contributed by atoms with van der Waals surface area (Å²) in [6.45, 7) is 6.71. The summed E-state index contributed by atoms with van der Waals surface area (Å²) in [4.78, 5) is 11.0. The van der Waals surface area contributed by atoms with Gasteiger partial charge in [0.1, 0.15) is 12.1 Å². The average Bonchev–Trinajstić information content (AvgIpc) is 3.20. The van der Waals surface area contributed by atoms with Crippen LogP contribution in [0.4, 0.5) is 5.82 Å². The summed E-state index contributed by atoms with van der Waals surface area (Å²) in [6, 6.07) is 2.10. The van der Waals surface area contributed by atoms with E-state index < -0.39 is 0 Å². The van der Waals surface area contributed by atoms with Crippen LogP contribution in [0.25, 0.3) is 0 Å². The quantitative estimate of drug-likeness (QED) is 0.886. The highest BCUT2D eigenvalue weighted by Crippen LogP contribution is 2.25. The fraction of sp³-hybridized carbons (Fsp3) is 0.588. The summed E-state index contributed by atoms with van der Waals surface area (Å²) in [5.41, 5.74) is 4.72. The zero-order chi connectivity index (χ0) is 16.2. The second-order valence-corrected chi connectivity index (χ2v) is 6.30. The maximum absolute atomic E-state index is 5.46. The number of nitrogens with zero attached hydrogens (tertiary/aromatic N) is 4. The Bertz CT molecular complexity index is 629. The van der Waals surface area contributed by atoms with Crippen LogP contribution in [0.2, 0.25) is 0 Å². The second-order valence-electron chi connectivity index (χ2n) is 6.30. The van der Waals surface area contributed by atoms with Crippen molar-refractivity contribution in [3.63, 3.8) is 0 Å². The Balaban J connectivity index is 1.57. The molecule has 1 atom stereocenters. The molecule has 0 saturated carbocycles. The molecule has 1 aliphatic heterocycles. The van der Waals surface area contributed by atoms with Crippen molar-refractivity contribution >= 4 is 5.82 Å². The number of rotatable bonds is 6. The van der Waals surface area contributed by atoms with Crippen LogP contribution >= 0.6 is 0 Å². The van der Waals surface area contributed by atoms with Gasteiger partial charge in [-0.25, -0.2) is 9.97 Å². The largest absolute Gasteiger partial charge is 0.381 e. The highest BCUT2D eigenvalue weighted by molar-refractivity contribution is 5.38. The Morgan fingerprint density at radius 3 is 2.91 bits per heavy atom. The molecule has 1 unspecified atom stereocenters. The number of aromatic nitrogens is 4. The van der Waals surface area contributed by atoms with Crippen molar-refractivity contribution in [2.45, 2.75) is 39.0 Å². The van der Waals surface area contributed by atoms with Gasteiger partial charge in [0.25, 0.3) is 0 Å².